The Morgan fingerprint density at radius 2 is 0.632 bits per heavy atom. The van der Waals surface area contributed by atoms with Gasteiger partial charge in [-0.15, -0.1) is 0 Å². The third-order valence-corrected chi connectivity index (χ3v) is 5.41. The van der Waals surface area contributed by atoms with E-state index in [-0.39, 0.29) is 0 Å². The van der Waals surface area contributed by atoms with E-state index in [0.717, 1.165) is 0 Å². The molecule has 114 valence electrons. The SMILES string of the molecule is CC1(C)CCCCCCC(C)(C)CCC(C)(C)CC1. The quantitative estimate of drug-likeness (QED) is 0.443. The van der Waals surface area contributed by atoms with Gasteiger partial charge in [0.05, 0.1) is 0 Å². The maximum Gasteiger partial charge on any atom is -0.0354 e. The summed E-state index contributed by atoms with van der Waals surface area (Å²) in [5, 5.41) is 0. The largest absolute Gasteiger partial charge is 0.0599 e. The molecule has 0 heteroatoms. The second-order valence-electron chi connectivity index (χ2n) is 9.41. The molecule has 0 unspecified atom stereocenters. The molecule has 0 amide bonds. The Hall–Kier alpha value is 0. The van der Waals surface area contributed by atoms with Gasteiger partial charge in [-0.05, 0) is 54.8 Å². The summed E-state index contributed by atoms with van der Waals surface area (Å²) < 4.78 is 0. The maximum absolute atomic E-state index is 2.48. The van der Waals surface area contributed by atoms with Crippen molar-refractivity contribution in [2.75, 3.05) is 0 Å². The highest BCUT2D eigenvalue weighted by Gasteiger charge is 2.27. The van der Waals surface area contributed by atoms with Crippen LogP contribution in [0.3, 0.4) is 0 Å². The molecule has 0 nitrogen and oxygen atoms in total. The summed E-state index contributed by atoms with van der Waals surface area (Å²) in [5.74, 6) is 0. The highest BCUT2D eigenvalue weighted by Crippen LogP contribution is 2.41. The molecule has 0 N–H and O–H groups in total. The number of hydrogen-bond acceptors (Lipinski definition) is 0. The Morgan fingerprint density at radius 1 is 0.368 bits per heavy atom. The molecule has 1 rings (SSSR count). The van der Waals surface area contributed by atoms with E-state index in [1.54, 1.807) is 0 Å². The smallest absolute Gasteiger partial charge is 0.0354 e. The van der Waals surface area contributed by atoms with Crippen LogP contribution in [0.1, 0.15) is 106 Å². The molecule has 0 atom stereocenters. The first-order chi connectivity index (χ1) is 8.62. The zero-order valence-corrected chi connectivity index (χ0v) is 14.6. The van der Waals surface area contributed by atoms with Crippen molar-refractivity contribution < 1.29 is 0 Å². The molecule has 0 aromatic rings. The summed E-state index contributed by atoms with van der Waals surface area (Å²) in [7, 11) is 0. The Labute approximate surface area is 122 Å². The van der Waals surface area contributed by atoms with Gasteiger partial charge in [-0.1, -0.05) is 67.2 Å². The Kier molecular flexibility index (Phi) is 5.96. The predicted octanol–water partition coefficient (Wildman–Crippen LogP) is 6.98. The lowest BCUT2D eigenvalue weighted by atomic mass is 9.72. The van der Waals surface area contributed by atoms with Crippen molar-refractivity contribution in [3.63, 3.8) is 0 Å². The summed E-state index contributed by atoms with van der Waals surface area (Å²) >= 11 is 0. The van der Waals surface area contributed by atoms with Gasteiger partial charge in [0.1, 0.15) is 0 Å². The van der Waals surface area contributed by atoms with Crippen LogP contribution in [0.5, 0.6) is 0 Å². The van der Waals surface area contributed by atoms with Gasteiger partial charge in [0.15, 0.2) is 0 Å². The topological polar surface area (TPSA) is 0 Å². The zero-order chi connectivity index (χ0) is 14.6. The fraction of sp³-hybridized carbons (Fsp3) is 1.00. The molecule has 0 aromatic carbocycles. The minimum absolute atomic E-state index is 0.530. The second kappa shape index (κ2) is 6.64. The van der Waals surface area contributed by atoms with Crippen LogP contribution >= 0.6 is 0 Å². The van der Waals surface area contributed by atoms with Gasteiger partial charge in [-0.3, -0.25) is 0 Å². The Bertz CT molecular complexity index is 231. The summed E-state index contributed by atoms with van der Waals surface area (Å²) in [4.78, 5) is 0. The van der Waals surface area contributed by atoms with Gasteiger partial charge in [0.25, 0.3) is 0 Å². The molecule has 1 aliphatic carbocycles. The molecule has 0 aliphatic heterocycles. The van der Waals surface area contributed by atoms with Crippen molar-refractivity contribution in [2.45, 2.75) is 106 Å². The van der Waals surface area contributed by atoms with Crippen molar-refractivity contribution in [3.8, 4) is 0 Å². The third kappa shape index (κ3) is 7.37. The minimum atomic E-state index is 0.530. The van der Waals surface area contributed by atoms with Gasteiger partial charge < -0.3 is 0 Å². The Morgan fingerprint density at radius 3 is 0.947 bits per heavy atom. The molecule has 0 aromatic heterocycles. The summed E-state index contributed by atoms with van der Waals surface area (Å²) in [6, 6.07) is 0. The molecule has 0 radical (unpaired) electrons. The van der Waals surface area contributed by atoms with E-state index < -0.39 is 0 Å². The molecule has 1 aliphatic rings. The highest BCUT2D eigenvalue weighted by atomic mass is 14.3. The van der Waals surface area contributed by atoms with Crippen LogP contribution in [0, 0.1) is 16.2 Å². The second-order valence-corrected chi connectivity index (χ2v) is 9.41. The van der Waals surface area contributed by atoms with E-state index in [1.165, 1.54) is 64.2 Å². The molecule has 1 saturated carbocycles. The molecule has 0 heterocycles. The van der Waals surface area contributed by atoms with Crippen LogP contribution in [0.2, 0.25) is 0 Å². The van der Waals surface area contributed by atoms with Crippen molar-refractivity contribution in [2.24, 2.45) is 16.2 Å². The van der Waals surface area contributed by atoms with Crippen LogP contribution in [-0.2, 0) is 0 Å². The van der Waals surface area contributed by atoms with E-state index >= 15 is 0 Å². The van der Waals surface area contributed by atoms with E-state index in [9.17, 15) is 0 Å². The first-order valence-corrected chi connectivity index (χ1v) is 8.62. The van der Waals surface area contributed by atoms with Crippen LogP contribution in [0.15, 0.2) is 0 Å². The standard InChI is InChI=1S/C19H38/c1-17(2)11-9-7-8-10-12-18(3,4)14-16-19(5,6)15-13-17/h7-16H2,1-6H3. The number of rotatable bonds is 0. The number of hydrogen-bond donors (Lipinski definition) is 0. The molecular weight excluding hydrogens is 228 g/mol. The summed E-state index contributed by atoms with van der Waals surface area (Å²) in [5.41, 5.74) is 1.64. The molecule has 0 spiro atoms. The van der Waals surface area contributed by atoms with Crippen molar-refractivity contribution >= 4 is 0 Å². The van der Waals surface area contributed by atoms with Crippen LogP contribution in [0.4, 0.5) is 0 Å². The van der Waals surface area contributed by atoms with E-state index in [1.807, 2.05) is 0 Å². The third-order valence-electron chi connectivity index (χ3n) is 5.41. The van der Waals surface area contributed by atoms with Crippen LogP contribution in [0.25, 0.3) is 0 Å². The zero-order valence-electron chi connectivity index (χ0n) is 14.6. The summed E-state index contributed by atoms with van der Waals surface area (Å²) in [6.45, 7) is 14.9. The first-order valence-electron chi connectivity index (χ1n) is 8.62. The molecule has 19 heavy (non-hydrogen) atoms. The first kappa shape index (κ1) is 17.1. The Balaban J connectivity index is 2.63. The highest BCUT2D eigenvalue weighted by molar-refractivity contribution is 4.79. The lowest BCUT2D eigenvalue weighted by Crippen LogP contribution is -2.21. The average molecular weight is 267 g/mol. The maximum atomic E-state index is 2.48. The lowest BCUT2D eigenvalue weighted by Gasteiger charge is -2.34. The molecular formula is C19H38. The lowest BCUT2D eigenvalue weighted by molar-refractivity contribution is 0.183. The van der Waals surface area contributed by atoms with Crippen molar-refractivity contribution in [1.29, 1.82) is 0 Å². The van der Waals surface area contributed by atoms with Crippen LogP contribution in [-0.4, -0.2) is 0 Å². The van der Waals surface area contributed by atoms with Gasteiger partial charge in [0, 0.05) is 0 Å². The monoisotopic (exact) mass is 266 g/mol. The van der Waals surface area contributed by atoms with Gasteiger partial charge in [-0.2, -0.15) is 0 Å². The van der Waals surface area contributed by atoms with Gasteiger partial charge in [-0.25, -0.2) is 0 Å². The van der Waals surface area contributed by atoms with E-state index in [4.69, 9.17) is 0 Å². The van der Waals surface area contributed by atoms with Crippen molar-refractivity contribution in [3.05, 3.63) is 0 Å². The van der Waals surface area contributed by atoms with E-state index in [0.29, 0.717) is 16.2 Å². The molecule has 0 saturated heterocycles. The molecule has 1 fully saturated rings. The van der Waals surface area contributed by atoms with Crippen LogP contribution < -0.4 is 0 Å². The van der Waals surface area contributed by atoms with Crippen molar-refractivity contribution in [1.82, 2.24) is 0 Å². The van der Waals surface area contributed by atoms with Gasteiger partial charge >= 0.3 is 0 Å². The fourth-order valence-corrected chi connectivity index (χ4v) is 3.29. The van der Waals surface area contributed by atoms with Gasteiger partial charge in [0.2, 0.25) is 0 Å². The average Bonchev–Trinajstić information content (AvgIpc) is 2.29. The molecule has 0 bridgehead atoms. The normalized spacial score (nSPS) is 28.7. The predicted molar refractivity (Wildman–Crippen MR) is 87.5 cm³/mol. The minimum Gasteiger partial charge on any atom is -0.0599 e. The van der Waals surface area contributed by atoms with E-state index in [2.05, 4.69) is 41.5 Å². The summed E-state index contributed by atoms with van der Waals surface area (Å²) in [6.07, 6.45) is 14.2. The fourth-order valence-electron chi connectivity index (χ4n) is 3.29.